The minimum atomic E-state index is 0.0673. The zero-order valence-electron chi connectivity index (χ0n) is 14.8. The van der Waals surface area contributed by atoms with E-state index in [-0.39, 0.29) is 17.4 Å². The first-order chi connectivity index (χ1) is 13.1. The van der Waals surface area contributed by atoms with Crippen LogP contribution in [0.2, 0.25) is 5.02 Å². The lowest BCUT2D eigenvalue weighted by atomic mass is 9.83. The maximum absolute atomic E-state index is 13.0. The monoisotopic (exact) mass is 381 g/mol. The van der Waals surface area contributed by atoms with Crippen LogP contribution in [0.25, 0.3) is 10.9 Å². The number of carbonyl (C=O) groups is 1. The van der Waals surface area contributed by atoms with Crippen molar-refractivity contribution < 1.29 is 4.79 Å². The molecule has 0 N–H and O–H groups in total. The molecule has 2 bridgehead atoms. The highest BCUT2D eigenvalue weighted by Crippen LogP contribution is 2.35. The van der Waals surface area contributed by atoms with Gasteiger partial charge >= 0.3 is 0 Å². The number of benzene rings is 1. The second-order valence-electron chi connectivity index (χ2n) is 7.64. The molecule has 5 nitrogen and oxygen atoms in total. The standard InChI is InChI=1S/C21H20ClN3O2/c22-17-5-4-15-6-7-23(19(15)9-17)13-21(27)24-10-14-8-16(12-24)18-2-1-3-20(26)25(18)11-14/h1-7,9,14,16H,8,10-13H2/t14-,16+/m0/s1. The van der Waals surface area contributed by atoms with E-state index >= 15 is 0 Å². The van der Waals surface area contributed by atoms with E-state index in [0.717, 1.165) is 29.6 Å². The highest BCUT2D eigenvalue weighted by molar-refractivity contribution is 6.31. The van der Waals surface area contributed by atoms with E-state index in [1.165, 1.54) is 0 Å². The van der Waals surface area contributed by atoms with Crippen molar-refractivity contribution in [1.82, 2.24) is 14.0 Å². The van der Waals surface area contributed by atoms with Gasteiger partial charge in [-0.25, -0.2) is 0 Å². The third-order valence-electron chi connectivity index (χ3n) is 5.87. The van der Waals surface area contributed by atoms with Crippen LogP contribution in [0.1, 0.15) is 18.0 Å². The summed E-state index contributed by atoms with van der Waals surface area (Å²) in [6.07, 6.45) is 2.99. The van der Waals surface area contributed by atoms with Gasteiger partial charge in [0.05, 0.1) is 0 Å². The number of amides is 1. The minimum absolute atomic E-state index is 0.0673. The molecule has 5 rings (SSSR count). The van der Waals surface area contributed by atoms with Crippen LogP contribution < -0.4 is 5.56 Å². The molecule has 4 heterocycles. The highest BCUT2D eigenvalue weighted by atomic mass is 35.5. The Morgan fingerprint density at radius 3 is 2.89 bits per heavy atom. The smallest absolute Gasteiger partial charge is 0.250 e. The molecule has 27 heavy (non-hydrogen) atoms. The van der Waals surface area contributed by atoms with E-state index in [9.17, 15) is 9.59 Å². The number of likely N-dealkylation sites (tertiary alicyclic amines) is 1. The zero-order chi connectivity index (χ0) is 18.5. The Labute approximate surface area is 161 Å². The number of hydrogen-bond acceptors (Lipinski definition) is 2. The SMILES string of the molecule is O=C(Cn1ccc2ccc(Cl)cc21)N1C[C@@H]2C[C@H](C1)c1cccc(=O)n1C2. The Kier molecular flexibility index (Phi) is 3.86. The molecule has 1 fully saturated rings. The lowest BCUT2D eigenvalue weighted by Crippen LogP contribution is -2.49. The normalized spacial score (nSPS) is 21.3. The summed E-state index contributed by atoms with van der Waals surface area (Å²) >= 11 is 6.12. The molecular weight excluding hydrogens is 362 g/mol. The maximum atomic E-state index is 13.0. The molecule has 1 aromatic carbocycles. The fraction of sp³-hybridized carbons (Fsp3) is 0.333. The van der Waals surface area contributed by atoms with Gasteiger partial charge in [-0.2, -0.15) is 0 Å². The third-order valence-corrected chi connectivity index (χ3v) is 6.11. The van der Waals surface area contributed by atoms with E-state index in [2.05, 4.69) is 0 Å². The summed E-state index contributed by atoms with van der Waals surface area (Å²) in [6, 6.07) is 13.2. The molecule has 0 unspecified atom stereocenters. The number of fused-ring (bicyclic) bond motifs is 5. The maximum Gasteiger partial charge on any atom is 0.250 e. The summed E-state index contributed by atoms with van der Waals surface area (Å²) in [5, 5.41) is 1.75. The van der Waals surface area contributed by atoms with Gasteiger partial charge in [0.2, 0.25) is 5.91 Å². The molecule has 0 radical (unpaired) electrons. The molecule has 1 saturated heterocycles. The molecule has 1 amide bonds. The number of hydrogen-bond donors (Lipinski definition) is 0. The molecule has 3 aromatic rings. The minimum Gasteiger partial charge on any atom is -0.340 e. The summed E-state index contributed by atoms with van der Waals surface area (Å²) in [5.74, 6) is 0.705. The molecule has 0 saturated carbocycles. The first-order valence-corrected chi connectivity index (χ1v) is 9.68. The van der Waals surface area contributed by atoms with Crippen LogP contribution in [0.5, 0.6) is 0 Å². The summed E-state index contributed by atoms with van der Waals surface area (Å²) in [5.41, 5.74) is 2.11. The quantitative estimate of drug-likeness (QED) is 0.684. The van der Waals surface area contributed by atoms with Crippen LogP contribution in [0.15, 0.2) is 53.5 Å². The van der Waals surface area contributed by atoms with E-state index in [0.29, 0.717) is 30.6 Å². The van der Waals surface area contributed by atoms with E-state index in [1.54, 1.807) is 6.07 Å². The Balaban J connectivity index is 1.39. The van der Waals surface area contributed by atoms with Gasteiger partial charge in [-0.1, -0.05) is 23.7 Å². The predicted octanol–water partition coefficient (Wildman–Crippen LogP) is 3.10. The first kappa shape index (κ1) is 16.6. The Morgan fingerprint density at radius 2 is 2.00 bits per heavy atom. The van der Waals surface area contributed by atoms with Crippen molar-refractivity contribution in [2.75, 3.05) is 13.1 Å². The molecule has 6 heteroatoms. The lowest BCUT2D eigenvalue weighted by molar-refractivity contribution is -0.134. The molecule has 0 aliphatic carbocycles. The number of pyridine rings is 1. The Hall–Kier alpha value is -2.53. The number of nitrogens with zero attached hydrogens (tertiary/aromatic N) is 3. The number of aromatic nitrogens is 2. The number of rotatable bonds is 2. The third kappa shape index (κ3) is 2.86. The van der Waals surface area contributed by atoms with Crippen molar-refractivity contribution >= 4 is 28.4 Å². The van der Waals surface area contributed by atoms with Crippen molar-refractivity contribution in [3.63, 3.8) is 0 Å². The average molecular weight is 382 g/mol. The van der Waals surface area contributed by atoms with Crippen molar-refractivity contribution in [3.05, 3.63) is 69.7 Å². The van der Waals surface area contributed by atoms with Crippen molar-refractivity contribution in [3.8, 4) is 0 Å². The number of halogens is 1. The first-order valence-electron chi connectivity index (χ1n) is 9.30. The molecule has 138 valence electrons. The van der Waals surface area contributed by atoms with E-state index in [1.807, 2.05) is 56.6 Å². The Morgan fingerprint density at radius 1 is 1.11 bits per heavy atom. The molecule has 2 aliphatic heterocycles. The van der Waals surface area contributed by atoms with Gasteiger partial charge in [-0.3, -0.25) is 9.59 Å². The predicted molar refractivity (Wildman–Crippen MR) is 105 cm³/mol. The summed E-state index contributed by atoms with van der Waals surface area (Å²) < 4.78 is 3.86. The fourth-order valence-electron chi connectivity index (χ4n) is 4.64. The van der Waals surface area contributed by atoms with Crippen LogP contribution >= 0.6 is 11.6 Å². The average Bonchev–Trinajstić information content (AvgIpc) is 3.04. The van der Waals surface area contributed by atoms with Crippen molar-refractivity contribution in [1.29, 1.82) is 0 Å². The number of piperidine rings is 1. The van der Waals surface area contributed by atoms with Gasteiger partial charge in [-0.05, 0) is 42.0 Å². The van der Waals surface area contributed by atoms with Crippen LogP contribution in [0.3, 0.4) is 0 Å². The van der Waals surface area contributed by atoms with Gasteiger partial charge < -0.3 is 14.0 Å². The van der Waals surface area contributed by atoms with Crippen molar-refractivity contribution in [2.45, 2.75) is 25.4 Å². The van der Waals surface area contributed by atoms with Crippen LogP contribution in [-0.2, 0) is 17.9 Å². The topological polar surface area (TPSA) is 47.2 Å². The van der Waals surface area contributed by atoms with Crippen LogP contribution in [0.4, 0.5) is 0 Å². The van der Waals surface area contributed by atoms with Gasteiger partial charge in [-0.15, -0.1) is 0 Å². The molecule has 2 aromatic heterocycles. The summed E-state index contributed by atoms with van der Waals surface area (Å²) in [4.78, 5) is 27.1. The van der Waals surface area contributed by atoms with Gasteiger partial charge in [0.15, 0.2) is 0 Å². The van der Waals surface area contributed by atoms with Gasteiger partial charge in [0.25, 0.3) is 5.56 Å². The fourth-order valence-corrected chi connectivity index (χ4v) is 4.81. The summed E-state index contributed by atoms with van der Waals surface area (Å²) in [7, 11) is 0. The van der Waals surface area contributed by atoms with Crippen LogP contribution in [-0.4, -0.2) is 33.0 Å². The van der Waals surface area contributed by atoms with Crippen molar-refractivity contribution in [2.24, 2.45) is 5.92 Å². The molecule has 2 atom stereocenters. The summed E-state index contributed by atoms with van der Waals surface area (Å²) in [6.45, 7) is 2.41. The second-order valence-corrected chi connectivity index (χ2v) is 8.08. The number of carbonyl (C=O) groups excluding carboxylic acids is 1. The van der Waals surface area contributed by atoms with Crippen LogP contribution in [0, 0.1) is 5.92 Å². The molecule has 0 spiro atoms. The molecular formula is C21H20ClN3O2. The second kappa shape index (κ2) is 6.27. The van der Waals surface area contributed by atoms with E-state index < -0.39 is 0 Å². The highest BCUT2D eigenvalue weighted by Gasteiger charge is 2.36. The van der Waals surface area contributed by atoms with E-state index in [4.69, 9.17) is 11.6 Å². The molecule has 2 aliphatic rings. The van der Waals surface area contributed by atoms with Gasteiger partial charge in [0, 0.05) is 54.0 Å². The van der Waals surface area contributed by atoms with Gasteiger partial charge in [0.1, 0.15) is 6.54 Å². The largest absolute Gasteiger partial charge is 0.340 e. The zero-order valence-corrected chi connectivity index (χ0v) is 15.6. The lowest BCUT2D eigenvalue weighted by Gasteiger charge is -2.42. The Bertz CT molecular complexity index is 1100.